The summed E-state index contributed by atoms with van der Waals surface area (Å²) in [5, 5.41) is 5.60. The maximum atomic E-state index is 6.11. The predicted octanol–water partition coefficient (Wildman–Crippen LogP) is 2.50. The number of nitrogens with zero attached hydrogens (tertiary/aromatic N) is 3. The van der Waals surface area contributed by atoms with Gasteiger partial charge in [0.15, 0.2) is 5.65 Å². The average Bonchev–Trinajstić information content (AvgIpc) is 2.82. The molecule has 0 unspecified atom stereocenters. The molecule has 0 radical (unpaired) electrons. The van der Waals surface area contributed by atoms with Crippen molar-refractivity contribution >= 4 is 22.6 Å². The number of hydrogen-bond acceptors (Lipinski definition) is 2. The van der Waals surface area contributed by atoms with Crippen LogP contribution in [0.2, 0.25) is 0 Å². The molecule has 0 N–H and O–H groups in total. The Morgan fingerprint density at radius 1 is 1.38 bits per heavy atom. The van der Waals surface area contributed by atoms with E-state index < -0.39 is 0 Å². The van der Waals surface area contributed by atoms with Gasteiger partial charge in [-0.25, -0.2) is 4.98 Å². The van der Waals surface area contributed by atoms with Crippen molar-refractivity contribution in [2.24, 2.45) is 7.05 Å². The van der Waals surface area contributed by atoms with Crippen molar-refractivity contribution in [1.82, 2.24) is 14.8 Å². The first-order valence-electron chi connectivity index (χ1n) is 5.62. The highest BCUT2D eigenvalue weighted by Gasteiger charge is 2.21. The molecule has 0 saturated heterocycles. The van der Waals surface area contributed by atoms with Gasteiger partial charge in [-0.05, 0) is 37.3 Å². The largest absolute Gasteiger partial charge is 0.250 e. The number of aromatic nitrogens is 3. The average molecular weight is 236 g/mol. The molecule has 0 bridgehead atoms. The lowest BCUT2D eigenvalue weighted by atomic mass is 10.0. The first-order chi connectivity index (χ1) is 7.72. The maximum Gasteiger partial charge on any atom is 0.158 e. The van der Waals surface area contributed by atoms with Gasteiger partial charge in [-0.3, -0.25) is 4.68 Å². The van der Waals surface area contributed by atoms with Crippen molar-refractivity contribution in [2.45, 2.75) is 32.1 Å². The van der Waals surface area contributed by atoms with E-state index in [9.17, 15) is 0 Å². The van der Waals surface area contributed by atoms with E-state index in [1.165, 1.54) is 23.2 Å². The summed E-state index contributed by atoms with van der Waals surface area (Å²) in [4.78, 5) is 4.73. The lowest BCUT2D eigenvalue weighted by Gasteiger charge is -2.07. The van der Waals surface area contributed by atoms with Crippen molar-refractivity contribution in [3.8, 4) is 0 Å². The highest BCUT2D eigenvalue weighted by molar-refractivity contribution is 6.18. The Morgan fingerprint density at radius 2 is 2.19 bits per heavy atom. The molecular weight excluding hydrogens is 222 g/mol. The summed E-state index contributed by atoms with van der Waals surface area (Å²) < 4.78 is 1.86. The predicted molar refractivity (Wildman–Crippen MR) is 64.8 cm³/mol. The summed E-state index contributed by atoms with van der Waals surface area (Å²) in [5.74, 6) is 0.563. The third-order valence-corrected chi connectivity index (χ3v) is 3.69. The summed E-state index contributed by atoms with van der Waals surface area (Å²) >= 11 is 6.11. The number of hydrogen-bond donors (Lipinski definition) is 0. The maximum absolute atomic E-state index is 6.11. The van der Waals surface area contributed by atoms with E-state index in [2.05, 4.69) is 5.10 Å². The number of aryl methyl sites for hydroxylation is 3. The Morgan fingerprint density at radius 3 is 2.94 bits per heavy atom. The third kappa shape index (κ3) is 1.21. The highest BCUT2D eigenvalue weighted by atomic mass is 35.5. The lowest BCUT2D eigenvalue weighted by Crippen LogP contribution is -1.99. The summed E-state index contributed by atoms with van der Waals surface area (Å²) in [5.41, 5.74) is 5.87. The number of alkyl halides is 1. The molecule has 4 heteroatoms. The third-order valence-electron chi connectivity index (χ3n) is 3.42. The van der Waals surface area contributed by atoms with Gasteiger partial charge in [0.25, 0.3) is 0 Å². The smallest absolute Gasteiger partial charge is 0.158 e. The van der Waals surface area contributed by atoms with E-state index in [1.54, 1.807) is 0 Å². The van der Waals surface area contributed by atoms with Crippen LogP contribution in [0.4, 0.5) is 0 Å². The van der Waals surface area contributed by atoms with Gasteiger partial charge in [-0.2, -0.15) is 5.10 Å². The van der Waals surface area contributed by atoms with Crippen LogP contribution in [0.3, 0.4) is 0 Å². The van der Waals surface area contributed by atoms with Gasteiger partial charge in [-0.1, -0.05) is 0 Å². The molecule has 0 spiro atoms. The van der Waals surface area contributed by atoms with Gasteiger partial charge in [-0.15, -0.1) is 11.6 Å². The summed E-state index contributed by atoms with van der Waals surface area (Å²) in [6.07, 6.45) is 3.41. The molecule has 0 aromatic carbocycles. The van der Waals surface area contributed by atoms with E-state index >= 15 is 0 Å². The van der Waals surface area contributed by atoms with E-state index in [1.807, 2.05) is 18.7 Å². The molecule has 84 valence electrons. The van der Waals surface area contributed by atoms with Crippen molar-refractivity contribution in [3.63, 3.8) is 0 Å². The minimum Gasteiger partial charge on any atom is -0.250 e. The zero-order valence-corrected chi connectivity index (χ0v) is 10.3. The van der Waals surface area contributed by atoms with Crippen molar-refractivity contribution in [2.75, 3.05) is 0 Å². The minimum absolute atomic E-state index is 0.563. The fourth-order valence-corrected chi connectivity index (χ4v) is 3.02. The molecule has 3 nitrogen and oxygen atoms in total. The summed E-state index contributed by atoms with van der Waals surface area (Å²) in [6.45, 7) is 2.03. The van der Waals surface area contributed by atoms with E-state index in [0.29, 0.717) is 5.88 Å². The Balaban J connectivity index is 2.46. The fourth-order valence-electron chi connectivity index (χ4n) is 2.73. The van der Waals surface area contributed by atoms with Crippen molar-refractivity contribution < 1.29 is 0 Å². The quantitative estimate of drug-likeness (QED) is 0.711. The normalized spacial score (nSPS) is 14.7. The zero-order valence-electron chi connectivity index (χ0n) is 9.55. The Labute approximate surface area is 99.4 Å². The second-order valence-electron chi connectivity index (χ2n) is 4.41. The van der Waals surface area contributed by atoms with E-state index in [4.69, 9.17) is 16.6 Å². The minimum atomic E-state index is 0.563. The molecule has 1 aliphatic carbocycles. The molecule has 16 heavy (non-hydrogen) atoms. The molecule has 3 rings (SSSR count). The molecule has 0 saturated carbocycles. The van der Waals surface area contributed by atoms with Gasteiger partial charge in [0.05, 0.1) is 5.69 Å². The molecule has 0 amide bonds. The summed E-state index contributed by atoms with van der Waals surface area (Å²) in [6, 6.07) is 0. The van der Waals surface area contributed by atoms with Crippen molar-refractivity contribution in [3.05, 3.63) is 22.5 Å². The van der Waals surface area contributed by atoms with Crippen LogP contribution >= 0.6 is 11.6 Å². The molecule has 1 aliphatic rings. The lowest BCUT2D eigenvalue weighted by molar-refractivity contribution is 0.770. The van der Waals surface area contributed by atoms with Gasteiger partial charge < -0.3 is 0 Å². The van der Waals surface area contributed by atoms with Crippen LogP contribution in [0.1, 0.15) is 28.9 Å². The van der Waals surface area contributed by atoms with Crippen molar-refractivity contribution in [1.29, 1.82) is 0 Å². The number of halogens is 1. The zero-order chi connectivity index (χ0) is 11.3. The Bertz CT molecular complexity index is 571. The van der Waals surface area contributed by atoms with E-state index in [-0.39, 0.29) is 0 Å². The van der Waals surface area contributed by atoms with Crippen LogP contribution in [-0.2, 0) is 25.8 Å². The van der Waals surface area contributed by atoms with Crippen LogP contribution < -0.4 is 0 Å². The first kappa shape index (κ1) is 10.1. The highest BCUT2D eigenvalue weighted by Crippen LogP contribution is 2.32. The first-order valence-corrected chi connectivity index (χ1v) is 6.15. The second-order valence-corrected chi connectivity index (χ2v) is 4.68. The molecule has 2 aromatic heterocycles. The van der Waals surface area contributed by atoms with E-state index in [0.717, 1.165) is 29.6 Å². The second kappa shape index (κ2) is 3.45. The van der Waals surface area contributed by atoms with Crippen LogP contribution in [-0.4, -0.2) is 14.8 Å². The number of fused-ring (bicyclic) bond motifs is 2. The van der Waals surface area contributed by atoms with Gasteiger partial charge in [0.1, 0.15) is 0 Å². The standard InChI is InChI=1S/C12H14ClN3/c1-7-11-9(6-13)8-4-3-5-10(8)14-12(11)16(2)15-7/h3-6H2,1-2H3. The van der Waals surface area contributed by atoms with Crippen LogP contribution in [0, 0.1) is 6.92 Å². The molecule has 0 aliphatic heterocycles. The summed E-state index contributed by atoms with van der Waals surface area (Å²) in [7, 11) is 1.95. The Kier molecular flexibility index (Phi) is 2.18. The monoisotopic (exact) mass is 235 g/mol. The molecular formula is C12H14ClN3. The van der Waals surface area contributed by atoms with Gasteiger partial charge in [0, 0.05) is 24.0 Å². The number of pyridine rings is 1. The molecule has 2 aromatic rings. The van der Waals surface area contributed by atoms with Crippen LogP contribution in [0.15, 0.2) is 0 Å². The molecule has 2 heterocycles. The SMILES string of the molecule is Cc1nn(C)c2nc3c(c(CCl)c12)CCC3. The topological polar surface area (TPSA) is 30.7 Å². The fraction of sp³-hybridized carbons (Fsp3) is 0.500. The molecule has 0 fully saturated rings. The van der Waals surface area contributed by atoms with Crippen LogP contribution in [0.5, 0.6) is 0 Å². The van der Waals surface area contributed by atoms with Crippen LogP contribution in [0.25, 0.3) is 11.0 Å². The van der Waals surface area contributed by atoms with Gasteiger partial charge in [0.2, 0.25) is 0 Å². The van der Waals surface area contributed by atoms with Gasteiger partial charge >= 0.3 is 0 Å². The number of rotatable bonds is 1. The molecule has 0 atom stereocenters. The Hall–Kier alpha value is -1.09.